The van der Waals surface area contributed by atoms with E-state index in [1.54, 1.807) is 7.11 Å². The van der Waals surface area contributed by atoms with Gasteiger partial charge in [0, 0.05) is 12.7 Å². The fourth-order valence-corrected chi connectivity index (χ4v) is 3.58. The summed E-state index contributed by atoms with van der Waals surface area (Å²) in [6, 6.07) is 6.58. The molecule has 1 aliphatic heterocycles. The second kappa shape index (κ2) is 5.52. The Balaban J connectivity index is 2.27. The van der Waals surface area contributed by atoms with Crippen LogP contribution in [0.3, 0.4) is 0 Å². The Hall–Kier alpha value is -1.69. The van der Waals surface area contributed by atoms with E-state index in [0.717, 1.165) is 11.3 Å². The van der Waals surface area contributed by atoms with Crippen molar-refractivity contribution in [2.75, 3.05) is 12.9 Å². The molecule has 6 heteroatoms. The number of nitrogens with zero attached hydrogens (tertiary/aromatic N) is 1. The minimum absolute atomic E-state index is 0.224. The summed E-state index contributed by atoms with van der Waals surface area (Å²) >= 11 is 1.47. The highest BCUT2D eigenvalue weighted by Crippen LogP contribution is 2.41. The number of amides is 1. The normalized spacial score (nSPS) is 22.3. The van der Waals surface area contributed by atoms with Crippen LogP contribution in [0.2, 0.25) is 0 Å². The predicted molar refractivity (Wildman–Crippen MR) is 72.1 cm³/mol. The molecule has 1 fully saturated rings. The van der Waals surface area contributed by atoms with Gasteiger partial charge in [0.05, 0.1) is 7.11 Å². The number of aliphatic carboxylic acids is 1. The molecule has 1 amide bonds. The minimum Gasteiger partial charge on any atom is -0.497 e. The third-order valence-corrected chi connectivity index (χ3v) is 4.37. The molecule has 2 rings (SSSR count). The zero-order valence-corrected chi connectivity index (χ0v) is 11.5. The van der Waals surface area contributed by atoms with Crippen molar-refractivity contribution in [1.82, 2.24) is 4.90 Å². The first-order valence-corrected chi connectivity index (χ1v) is 6.86. The van der Waals surface area contributed by atoms with E-state index in [-0.39, 0.29) is 11.3 Å². The number of rotatable bonds is 3. The van der Waals surface area contributed by atoms with Crippen molar-refractivity contribution in [3.63, 3.8) is 0 Å². The Morgan fingerprint density at radius 2 is 2.00 bits per heavy atom. The van der Waals surface area contributed by atoms with Gasteiger partial charge in [0.15, 0.2) is 0 Å². The summed E-state index contributed by atoms with van der Waals surface area (Å²) in [5, 5.41) is 8.91. The summed E-state index contributed by atoms with van der Waals surface area (Å²) in [5.41, 5.74) is 0.907. The lowest BCUT2D eigenvalue weighted by Gasteiger charge is -2.26. The van der Waals surface area contributed by atoms with Crippen LogP contribution < -0.4 is 4.74 Å². The Morgan fingerprint density at radius 3 is 2.47 bits per heavy atom. The van der Waals surface area contributed by atoms with Crippen molar-refractivity contribution in [2.24, 2.45) is 0 Å². The molecule has 0 aliphatic carbocycles. The maximum absolute atomic E-state index is 11.7. The molecule has 0 aromatic heterocycles. The molecule has 2 atom stereocenters. The van der Waals surface area contributed by atoms with E-state index in [4.69, 9.17) is 9.84 Å². The van der Waals surface area contributed by atoms with E-state index in [0.29, 0.717) is 5.75 Å². The summed E-state index contributed by atoms with van der Waals surface area (Å²) in [6.45, 7) is 1.40. The van der Waals surface area contributed by atoms with Crippen LogP contribution in [0.5, 0.6) is 5.75 Å². The molecular weight excluding hydrogens is 266 g/mol. The minimum atomic E-state index is -0.960. The van der Waals surface area contributed by atoms with Gasteiger partial charge in [0.25, 0.3) is 0 Å². The molecule has 1 N–H and O–H groups in total. The van der Waals surface area contributed by atoms with E-state index >= 15 is 0 Å². The predicted octanol–water partition coefficient (Wildman–Crippen LogP) is 1.74. The first-order valence-electron chi connectivity index (χ1n) is 5.82. The van der Waals surface area contributed by atoms with Gasteiger partial charge in [-0.25, -0.2) is 4.79 Å². The second-order valence-corrected chi connectivity index (χ2v) is 5.35. The molecule has 0 unspecified atom stereocenters. The van der Waals surface area contributed by atoms with Gasteiger partial charge in [0.1, 0.15) is 17.2 Å². The molecule has 1 heterocycles. The highest BCUT2D eigenvalue weighted by molar-refractivity contribution is 7.99. The van der Waals surface area contributed by atoms with Gasteiger partial charge < -0.3 is 14.7 Å². The number of carboxylic acids is 1. The summed E-state index contributed by atoms with van der Waals surface area (Å²) < 4.78 is 5.08. The van der Waals surface area contributed by atoms with Crippen molar-refractivity contribution >= 4 is 23.6 Å². The fraction of sp³-hybridized carbons (Fsp3) is 0.385. The van der Waals surface area contributed by atoms with E-state index < -0.39 is 12.0 Å². The van der Waals surface area contributed by atoms with Crippen molar-refractivity contribution in [3.05, 3.63) is 29.8 Å². The number of carbonyl (C=O) groups is 2. The number of ether oxygens (including phenoxy) is 1. The Morgan fingerprint density at radius 1 is 1.37 bits per heavy atom. The Bertz CT molecular complexity index is 488. The number of hydrogen-bond acceptors (Lipinski definition) is 4. The molecule has 5 nitrogen and oxygen atoms in total. The molecule has 0 saturated carbocycles. The van der Waals surface area contributed by atoms with Gasteiger partial charge in [-0.15, -0.1) is 11.8 Å². The molecule has 1 aromatic carbocycles. The van der Waals surface area contributed by atoms with Gasteiger partial charge in [-0.3, -0.25) is 4.79 Å². The maximum Gasteiger partial charge on any atom is 0.327 e. The van der Waals surface area contributed by atoms with Gasteiger partial charge in [0.2, 0.25) is 5.91 Å². The van der Waals surface area contributed by atoms with Crippen molar-refractivity contribution in [3.8, 4) is 5.75 Å². The molecule has 1 saturated heterocycles. The molecule has 0 bridgehead atoms. The lowest BCUT2D eigenvalue weighted by atomic mass is 10.1. The van der Waals surface area contributed by atoms with Gasteiger partial charge >= 0.3 is 5.97 Å². The summed E-state index contributed by atoms with van der Waals surface area (Å²) in [4.78, 5) is 24.3. The average molecular weight is 281 g/mol. The quantitative estimate of drug-likeness (QED) is 0.914. The smallest absolute Gasteiger partial charge is 0.327 e. The molecular formula is C13H15NO4S. The zero-order valence-electron chi connectivity index (χ0n) is 10.7. The van der Waals surface area contributed by atoms with E-state index in [1.165, 1.54) is 23.6 Å². The first-order chi connectivity index (χ1) is 9.04. The van der Waals surface area contributed by atoms with Gasteiger partial charge in [-0.05, 0) is 17.7 Å². The number of carbonyl (C=O) groups excluding carboxylic acids is 1. The number of thioether (sulfide) groups is 1. The molecule has 0 spiro atoms. The summed E-state index contributed by atoms with van der Waals surface area (Å²) in [5.74, 6) is -0.0427. The second-order valence-electron chi connectivity index (χ2n) is 4.24. The molecule has 102 valence electrons. The maximum atomic E-state index is 11.7. The Kier molecular flexibility index (Phi) is 3.99. The largest absolute Gasteiger partial charge is 0.497 e. The first kappa shape index (κ1) is 13.7. The van der Waals surface area contributed by atoms with Crippen LogP contribution in [0.4, 0.5) is 0 Å². The SMILES string of the molecule is COc1ccc([C@@H]2SC[C@@H](C(=O)O)N2C(C)=O)cc1. The van der Waals surface area contributed by atoms with Crippen LogP contribution >= 0.6 is 11.8 Å². The Labute approximate surface area is 115 Å². The van der Waals surface area contributed by atoms with Crippen LogP contribution in [0, 0.1) is 0 Å². The highest BCUT2D eigenvalue weighted by Gasteiger charge is 2.40. The zero-order chi connectivity index (χ0) is 14.0. The number of carboxylic acid groups (broad SMARTS) is 1. The monoisotopic (exact) mass is 281 g/mol. The van der Waals surface area contributed by atoms with Crippen molar-refractivity contribution in [1.29, 1.82) is 0 Å². The summed E-state index contributed by atoms with van der Waals surface area (Å²) in [6.07, 6.45) is 0. The fourth-order valence-electron chi connectivity index (χ4n) is 2.11. The van der Waals surface area contributed by atoms with Crippen LogP contribution in [-0.2, 0) is 9.59 Å². The van der Waals surface area contributed by atoms with Crippen molar-refractivity contribution < 1.29 is 19.4 Å². The lowest BCUT2D eigenvalue weighted by Crippen LogP contribution is -2.41. The molecule has 1 aliphatic rings. The topological polar surface area (TPSA) is 66.8 Å². The highest BCUT2D eigenvalue weighted by atomic mass is 32.2. The van der Waals surface area contributed by atoms with Crippen LogP contribution in [-0.4, -0.2) is 40.8 Å². The molecule has 19 heavy (non-hydrogen) atoms. The van der Waals surface area contributed by atoms with E-state index in [2.05, 4.69) is 0 Å². The molecule has 1 aromatic rings. The van der Waals surface area contributed by atoms with Gasteiger partial charge in [-0.1, -0.05) is 12.1 Å². The number of hydrogen-bond donors (Lipinski definition) is 1. The van der Waals surface area contributed by atoms with E-state index in [9.17, 15) is 9.59 Å². The average Bonchev–Trinajstić information content (AvgIpc) is 2.83. The standard InChI is InChI=1S/C13H15NO4S/c1-8(15)14-11(13(16)17)7-19-12(14)9-3-5-10(18-2)6-4-9/h3-6,11-12H,7H2,1-2H3,(H,16,17)/t11-,12-/m0/s1. The molecule has 0 radical (unpaired) electrons. The lowest BCUT2D eigenvalue weighted by molar-refractivity contribution is -0.148. The van der Waals surface area contributed by atoms with Gasteiger partial charge in [-0.2, -0.15) is 0 Å². The van der Waals surface area contributed by atoms with Crippen LogP contribution in [0.1, 0.15) is 17.9 Å². The third-order valence-electron chi connectivity index (χ3n) is 3.05. The number of methoxy groups -OCH3 is 1. The number of benzene rings is 1. The third kappa shape index (κ3) is 2.68. The van der Waals surface area contributed by atoms with Crippen molar-refractivity contribution in [2.45, 2.75) is 18.3 Å². The van der Waals surface area contributed by atoms with E-state index in [1.807, 2.05) is 24.3 Å². The van der Waals surface area contributed by atoms with Crippen LogP contribution in [0.25, 0.3) is 0 Å². The summed E-state index contributed by atoms with van der Waals surface area (Å²) in [7, 11) is 1.58. The van der Waals surface area contributed by atoms with Crippen LogP contribution in [0.15, 0.2) is 24.3 Å².